The van der Waals surface area contributed by atoms with Gasteiger partial charge in [0.05, 0.1) is 12.1 Å². The van der Waals surface area contributed by atoms with E-state index in [4.69, 9.17) is 4.74 Å². The zero-order valence-corrected chi connectivity index (χ0v) is 23.1. The van der Waals surface area contributed by atoms with Crippen molar-refractivity contribution in [2.45, 2.75) is 45.8 Å². The van der Waals surface area contributed by atoms with Gasteiger partial charge in [-0.15, -0.1) is 0 Å². The Labute approximate surface area is 228 Å². The fraction of sp³-hybridized carbons (Fsp3) is 0.367. The third kappa shape index (κ3) is 5.94. The monoisotopic (exact) mass is 535 g/mol. The van der Waals surface area contributed by atoms with Crippen molar-refractivity contribution in [2.75, 3.05) is 31.6 Å². The van der Waals surface area contributed by atoms with Gasteiger partial charge in [-0.2, -0.15) is 4.79 Å². The van der Waals surface area contributed by atoms with Crippen LogP contribution in [0.15, 0.2) is 66.9 Å². The summed E-state index contributed by atoms with van der Waals surface area (Å²) in [6.07, 6.45) is 0.688. The van der Waals surface area contributed by atoms with Crippen LogP contribution >= 0.6 is 0 Å². The molecule has 1 saturated heterocycles. The maximum absolute atomic E-state index is 13.1. The second-order valence-electron chi connectivity index (χ2n) is 11.1. The summed E-state index contributed by atoms with van der Waals surface area (Å²) in [5.41, 5.74) is 1.87. The Balaban J connectivity index is 1.36. The first-order valence-corrected chi connectivity index (χ1v) is 13.0. The number of pyridine rings is 1. The van der Waals surface area contributed by atoms with Gasteiger partial charge in [0.15, 0.2) is 0 Å². The van der Waals surface area contributed by atoms with Gasteiger partial charge in [0.1, 0.15) is 29.7 Å². The van der Waals surface area contributed by atoms with Crippen LogP contribution in [0, 0.1) is 5.82 Å². The number of carbonyl (C=O) groups is 2. The second-order valence-corrected chi connectivity index (χ2v) is 11.1. The number of benzene rings is 2. The van der Waals surface area contributed by atoms with Gasteiger partial charge in [0.2, 0.25) is 5.88 Å². The predicted molar refractivity (Wildman–Crippen MR) is 148 cm³/mol. The molecule has 1 N–H and O–H groups in total. The van der Waals surface area contributed by atoms with E-state index >= 15 is 0 Å². The molecule has 0 radical (unpaired) electrons. The molecule has 9 heteroatoms. The standard InChI is InChI=1S/C30H35FN4O4/c1-21-19-34(16-17-35(21,29(37)38)30(2,3)4)20-22-6-11-25(12-7-22)33(5)28(36)23-8-15-27(32-18-23)39-26-13-9-24(31)10-14-26/h6-15,18,21H,16-17,19-20H2,1-5H3/p+1/t21-,35?/m0/s1. The molecule has 2 heterocycles. The smallest absolute Gasteiger partial charge is 0.439 e. The quantitative estimate of drug-likeness (QED) is 0.403. The molecule has 8 nitrogen and oxygen atoms in total. The van der Waals surface area contributed by atoms with Crippen LogP contribution in [0.4, 0.5) is 14.9 Å². The van der Waals surface area contributed by atoms with Gasteiger partial charge in [-0.3, -0.25) is 9.69 Å². The Morgan fingerprint density at radius 2 is 1.77 bits per heavy atom. The van der Waals surface area contributed by atoms with Gasteiger partial charge in [-0.25, -0.2) is 13.9 Å². The minimum Gasteiger partial charge on any atom is -0.439 e. The highest BCUT2D eigenvalue weighted by molar-refractivity contribution is 6.05. The Morgan fingerprint density at radius 3 is 2.31 bits per heavy atom. The van der Waals surface area contributed by atoms with E-state index in [0.717, 1.165) is 11.3 Å². The van der Waals surface area contributed by atoms with Gasteiger partial charge >= 0.3 is 6.09 Å². The molecular weight excluding hydrogens is 499 g/mol. The second kappa shape index (κ2) is 11.1. The summed E-state index contributed by atoms with van der Waals surface area (Å²) >= 11 is 0. The number of anilines is 1. The number of hydrogen-bond donors (Lipinski definition) is 1. The Hall–Kier alpha value is -3.82. The highest BCUT2D eigenvalue weighted by atomic mass is 19.1. The lowest BCUT2D eigenvalue weighted by atomic mass is 9.95. The van der Waals surface area contributed by atoms with Gasteiger partial charge in [-0.1, -0.05) is 12.1 Å². The number of ether oxygens (including phenoxy) is 1. The molecule has 1 fully saturated rings. The molecule has 1 aliphatic rings. The maximum Gasteiger partial charge on any atom is 0.514 e. The van der Waals surface area contributed by atoms with Crippen molar-refractivity contribution in [2.24, 2.45) is 0 Å². The van der Waals surface area contributed by atoms with Gasteiger partial charge in [-0.05, 0) is 75.7 Å². The summed E-state index contributed by atoms with van der Waals surface area (Å²) < 4.78 is 18.7. The Kier molecular flexibility index (Phi) is 8.04. The van der Waals surface area contributed by atoms with Crippen LogP contribution in [-0.2, 0) is 6.54 Å². The van der Waals surface area contributed by atoms with E-state index < -0.39 is 6.09 Å². The first kappa shape index (κ1) is 28.2. The van der Waals surface area contributed by atoms with Crippen molar-refractivity contribution in [3.8, 4) is 11.6 Å². The molecule has 2 amide bonds. The van der Waals surface area contributed by atoms with E-state index in [1.807, 2.05) is 52.0 Å². The SMILES string of the molecule is C[C@H]1CN(Cc2ccc(N(C)C(=O)c3ccc(Oc4ccc(F)cc4)nc3)cc2)CC[N+]1(C(=O)O)C(C)(C)C. The van der Waals surface area contributed by atoms with E-state index in [-0.39, 0.29) is 27.8 Å². The summed E-state index contributed by atoms with van der Waals surface area (Å²) in [5, 5.41) is 10.1. The fourth-order valence-corrected chi connectivity index (χ4v) is 5.42. The molecule has 2 aromatic carbocycles. The number of nitrogens with zero attached hydrogens (tertiary/aromatic N) is 4. The van der Waals surface area contributed by atoms with Crippen LogP contribution in [0.3, 0.4) is 0 Å². The van der Waals surface area contributed by atoms with Crippen molar-refractivity contribution in [3.05, 3.63) is 83.8 Å². The zero-order chi connectivity index (χ0) is 28.4. The van der Waals surface area contributed by atoms with Crippen LogP contribution in [0.1, 0.15) is 43.6 Å². The van der Waals surface area contributed by atoms with Crippen LogP contribution in [-0.4, -0.2) is 69.7 Å². The molecule has 0 saturated carbocycles. The molecule has 206 valence electrons. The summed E-state index contributed by atoms with van der Waals surface area (Å²) in [5.74, 6) is 0.196. The van der Waals surface area contributed by atoms with Gasteiger partial charge in [0, 0.05) is 38.1 Å². The summed E-state index contributed by atoms with van der Waals surface area (Å²) in [6, 6.07) is 16.6. The van der Waals surface area contributed by atoms with E-state index in [2.05, 4.69) is 9.88 Å². The normalized spacial score (nSPS) is 19.9. The van der Waals surface area contributed by atoms with Crippen LogP contribution < -0.4 is 9.64 Å². The lowest BCUT2D eigenvalue weighted by Crippen LogP contribution is -2.73. The molecule has 0 aliphatic carbocycles. The average molecular weight is 536 g/mol. The van der Waals surface area contributed by atoms with Crippen molar-refractivity contribution < 1.29 is 28.3 Å². The zero-order valence-electron chi connectivity index (χ0n) is 23.1. The number of rotatable bonds is 6. The number of hydrogen-bond acceptors (Lipinski definition) is 5. The average Bonchev–Trinajstić information content (AvgIpc) is 2.89. The molecule has 2 atom stereocenters. The van der Waals surface area contributed by atoms with Crippen molar-refractivity contribution >= 4 is 17.7 Å². The number of carboxylic acid groups (broad SMARTS) is 1. The highest BCUT2D eigenvalue weighted by Gasteiger charge is 2.54. The van der Waals surface area contributed by atoms with Crippen LogP contribution in [0.2, 0.25) is 0 Å². The number of piperazine rings is 1. The largest absolute Gasteiger partial charge is 0.514 e. The molecule has 1 unspecified atom stereocenters. The highest BCUT2D eigenvalue weighted by Crippen LogP contribution is 2.33. The number of carbonyl (C=O) groups excluding carboxylic acids is 1. The first-order valence-electron chi connectivity index (χ1n) is 13.0. The number of halogens is 1. The number of aromatic nitrogens is 1. The van der Waals surface area contributed by atoms with Crippen molar-refractivity contribution in [1.29, 1.82) is 0 Å². The predicted octanol–water partition coefficient (Wildman–Crippen LogP) is 5.79. The topological polar surface area (TPSA) is 83.0 Å². The molecule has 0 bridgehead atoms. The first-order chi connectivity index (χ1) is 18.4. The number of amides is 2. The molecule has 1 aromatic heterocycles. The van der Waals surface area contributed by atoms with E-state index in [0.29, 0.717) is 43.4 Å². The van der Waals surface area contributed by atoms with Crippen molar-refractivity contribution in [1.82, 2.24) is 9.88 Å². The molecule has 1 aliphatic heterocycles. The molecule has 0 spiro atoms. The lowest BCUT2D eigenvalue weighted by molar-refractivity contribution is -0.929. The van der Waals surface area contributed by atoms with Crippen LogP contribution in [0.5, 0.6) is 11.6 Å². The van der Waals surface area contributed by atoms with Gasteiger partial charge in [0.25, 0.3) is 5.91 Å². The van der Waals surface area contributed by atoms with E-state index in [1.54, 1.807) is 24.1 Å². The lowest BCUT2D eigenvalue weighted by Gasteiger charge is -2.52. The molecule has 3 aromatic rings. The van der Waals surface area contributed by atoms with E-state index in [9.17, 15) is 19.1 Å². The summed E-state index contributed by atoms with van der Waals surface area (Å²) in [7, 11) is 1.71. The van der Waals surface area contributed by atoms with Crippen LogP contribution in [0.25, 0.3) is 0 Å². The fourth-order valence-electron chi connectivity index (χ4n) is 5.42. The van der Waals surface area contributed by atoms with E-state index in [1.165, 1.54) is 30.5 Å². The maximum atomic E-state index is 13.1. The van der Waals surface area contributed by atoms with Gasteiger partial charge < -0.3 is 14.7 Å². The molecule has 39 heavy (non-hydrogen) atoms. The third-order valence-electron chi connectivity index (χ3n) is 7.64. The Morgan fingerprint density at radius 1 is 1.10 bits per heavy atom. The number of quaternary nitrogens is 1. The minimum absolute atomic E-state index is 0.0413. The summed E-state index contributed by atoms with van der Waals surface area (Å²) in [6.45, 7) is 10.7. The summed E-state index contributed by atoms with van der Waals surface area (Å²) in [4.78, 5) is 33.4. The minimum atomic E-state index is -0.767. The molecule has 4 rings (SSSR count). The van der Waals surface area contributed by atoms with Crippen molar-refractivity contribution in [3.63, 3.8) is 0 Å². The third-order valence-corrected chi connectivity index (χ3v) is 7.64. The Bertz CT molecular complexity index is 1310. The molecular formula is C30H36FN4O4+.